The molecule has 0 aromatic heterocycles. The minimum atomic E-state index is -0.188. The van der Waals surface area contributed by atoms with Crippen molar-refractivity contribution in [2.75, 3.05) is 45.9 Å². The van der Waals surface area contributed by atoms with Crippen molar-refractivity contribution >= 4 is 5.91 Å². The molecule has 1 N–H and O–H groups in total. The first-order valence-corrected chi connectivity index (χ1v) is 10.0. The molecule has 1 unspecified atom stereocenters. The summed E-state index contributed by atoms with van der Waals surface area (Å²) in [6.45, 7) is 5.02. The summed E-state index contributed by atoms with van der Waals surface area (Å²) in [5.74, 6) is 1.27. The van der Waals surface area contributed by atoms with Crippen molar-refractivity contribution in [2.24, 2.45) is 0 Å². The number of rotatable bonds is 6. The lowest BCUT2D eigenvalue weighted by Gasteiger charge is -2.34. The van der Waals surface area contributed by atoms with Crippen molar-refractivity contribution in [3.63, 3.8) is 0 Å². The lowest BCUT2D eigenvalue weighted by Crippen LogP contribution is -2.50. The van der Waals surface area contributed by atoms with Crippen LogP contribution in [0, 0.1) is 5.82 Å². The minimum Gasteiger partial charge on any atom is -0.486 e. The van der Waals surface area contributed by atoms with Crippen LogP contribution >= 0.6 is 0 Å². The Morgan fingerprint density at radius 3 is 2.48 bits per heavy atom. The van der Waals surface area contributed by atoms with Crippen LogP contribution in [0.15, 0.2) is 48.5 Å². The fourth-order valence-corrected chi connectivity index (χ4v) is 3.62. The molecular weight excluding hydrogens is 373 g/mol. The summed E-state index contributed by atoms with van der Waals surface area (Å²) in [4.78, 5) is 16.6. The van der Waals surface area contributed by atoms with Crippen LogP contribution in [-0.2, 0) is 11.3 Å². The van der Waals surface area contributed by atoms with Gasteiger partial charge in [-0.1, -0.05) is 30.3 Å². The van der Waals surface area contributed by atoms with Crippen molar-refractivity contribution < 1.29 is 18.7 Å². The van der Waals surface area contributed by atoms with E-state index in [0.717, 1.165) is 37.5 Å². The van der Waals surface area contributed by atoms with Crippen molar-refractivity contribution in [3.05, 3.63) is 59.9 Å². The number of halogens is 1. The summed E-state index contributed by atoms with van der Waals surface area (Å²) in [6.07, 6.45) is -0.188. The molecule has 6 nitrogen and oxygen atoms in total. The van der Waals surface area contributed by atoms with Crippen LogP contribution in [0.3, 0.4) is 0 Å². The van der Waals surface area contributed by atoms with Gasteiger partial charge in [0, 0.05) is 38.3 Å². The number of carbonyl (C=O) groups is 1. The van der Waals surface area contributed by atoms with Crippen molar-refractivity contribution in [2.45, 2.75) is 12.6 Å². The maximum atomic E-state index is 13.8. The third-order valence-electron chi connectivity index (χ3n) is 5.28. The number of para-hydroxylation sites is 2. The molecule has 2 aliphatic heterocycles. The topological polar surface area (TPSA) is 54.0 Å². The van der Waals surface area contributed by atoms with E-state index in [4.69, 9.17) is 9.47 Å². The number of benzene rings is 2. The van der Waals surface area contributed by atoms with Crippen LogP contribution in [0.2, 0.25) is 0 Å². The number of carbonyl (C=O) groups excluding carboxylic acids is 1. The molecule has 0 spiro atoms. The van der Waals surface area contributed by atoms with Gasteiger partial charge in [-0.3, -0.25) is 14.6 Å². The largest absolute Gasteiger partial charge is 0.486 e. The summed E-state index contributed by atoms with van der Waals surface area (Å²) in [5, 5.41) is 2.94. The quantitative estimate of drug-likeness (QED) is 0.804. The Kier molecular flexibility index (Phi) is 6.27. The Morgan fingerprint density at radius 2 is 1.69 bits per heavy atom. The van der Waals surface area contributed by atoms with Crippen LogP contribution in [0.5, 0.6) is 11.5 Å². The van der Waals surface area contributed by atoms with Crippen LogP contribution < -0.4 is 14.8 Å². The summed E-state index contributed by atoms with van der Waals surface area (Å²) in [6, 6.07) is 14.4. The Hall–Kier alpha value is -2.64. The fourth-order valence-electron chi connectivity index (χ4n) is 3.62. The second-order valence-corrected chi connectivity index (χ2v) is 7.45. The molecule has 2 aromatic rings. The average molecular weight is 399 g/mol. The number of nitrogens with zero attached hydrogens (tertiary/aromatic N) is 2. The number of hydrogen-bond acceptors (Lipinski definition) is 5. The molecule has 1 amide bonds. The number of fused-ring (bicyclic) bond motifs is 1. The Bertz CT molecular complexity index is 840. The average Bonchev–Trinajstić information content (AvgIpc) is 2.75. The summed E-state index contributed by atoms with van der Waals surface area (Å²) in [7, 11) is 0. The Morgan fingerprint density at radius 1 is 1.00 bits per heavy atom. The van der Waals surface area contributed by atoms with Gasteiger partial charge in [0.2, 0.25) is 5.91 Å². The van der Waals surface area contributed by atoms with Gasteiger partial charge in [-0.25, -0.2) is 4.39 Å². The number of piperazine rings is 1. The van der Waals surface area contributed by atoms with Crippen molar-refractivity contribution in [1.29, 1.82) is 0 Å². The fraction of sp³-hybridized carbons (Fsp3) is 0.409. The number of ether oxygens (including phenoxy) is 2. The summed E-state index contributed by atoms with van der Waals surface area (Å²) >= 11 is 0. The number of nitrogens with one attached hydrogen (secondary N) is 1. The van der Waals surface area contributed by atoms with Gasteiger partial charge in [-0.05, 0) is 18.2 Å². The first kappa shape index (κ1) is 19.7. The molecule has 7 heteroatoms. The second kappa shape index (κ2) is 9.24. The molecule has 0 aliphatic carbocycles. The molecule has 154 valence electrons. The highest BCUT2D eigenvalue weighted by atomic mass is 19.1. The molecule has 2 aromatic carbocycles. The highest BCUT2D eigenvalue weighted by molar-refractivity contribution is 5.78. The molecule has 29 heavy (non-hydrogen) atoms. The molecule has 4 rings (SSSR count). The van der Waals surface area contributed by atoms with Gasteiger partial charge < -0.3 is 14.8 Å². The third-order valence-corrected chi connectivity index (χ3v) is 5.28. The highest BCUT2D eigenvalue weighted by Gasteiger charge is 2.23. The molecule has 1 saturated heterocycles. The maximum Gasteiger partial charge on any atom is 0.234 e. The zero-order chi connectivity index (χ0) is 20.1. The monoisotopic (exact) mass is 399 g/mol. The van der Waals surface area contributed by atoms with Gasteiger partial charge in [0.05, 0.1) is 13.1 Å². The van der Waals surface area contributed by atoms with E-state index >= 15 is 0 Å². The first-order chi connectivity index (χ1) is 14.2. The summed E-state index contributed by atoms with van der Waals surface area (Å²) in [5.41, 5.74) is 0.718. The molecule has 1 atom stereocenters. The van der Waals surface area contributed by atoms with E-state index in [2.05, 4.69) is 15.1 Å². The van der Waals surface area contributed by atoms with E-state index in [1.807, 2.05) is 36.4 Å². The standard InChI is InChI=1S/C22H26FN3O3/c23-19-6-2-1-5-17(19)14-25-9-11-26(12-10-25)15-22(27)24-13-18-16-28-20-7-3-4-8-21(20)29-18/h1-8,18H,9-16H2,(H,24,27). The van der Waals surface area contributed by atoms with Gasteiger partial charge in [0.15, 0.2) is 11.5 Å². The molecule has 0 saturated carbocycles. The Labute approximate surface area is 170 Å². The molecule has 1 fully saturated rings. The van der Waals surface area contributed by atoms with Crippen molar-refractivity contribution in [3.8, 4) is 11.5 Å². The minimum absolute atomic E-state index is 0.0185. The second-order valence-electron chi connectivity index (χ2n) is 7.45. The van der Waals surface area contributed by atoms with E-state index in [1.165, 1.54) is 6.07 Å². The van der Waals surface area contributed by atoms with E-state index in [-0.39, 0.29) is 17.8 Å². The molecule has 0 radical (unpaired) electrons. The van der Waals surface area contributed by atoms with Crippen LogP contribution in [0.4, 0.5) is 4.39 Å². The first-order valence-electron chi connectivity index (χ1n) is 10.0. The normalized spacial score (nSPS) is 19.7. The van der Waals surface area contributed by atoms with Crippen LogP contribution in [0.1, 0.15) is 5.56 Å². The molecule has 2 aliphatic rings. The lowest BCUT2D eigenvalue weighted by molar-refractivity contribution is -0.123. The molecule has 2 heterocycles. The van der Waals surface area contributed by atoms with Gasteiger partial charge >= 0.3 is 0 Å². The molecule has 0 bridgehead atoms. The highest BCUT2D eigenvalue weighted by Crippen LogP contribution is 2.30. The van der Waals surface area contributed by atoms with Gasteiger partial charge in [0.1, 0.15) is 18.5 Å². The predicted molar refractivity (Wildman–Crippen MR) is 107 cm³/mol. The summed E-state index contributed by atoms with van der Waals surface area (Å²) < 4.78 is 25.3. The van der Waals surface area contributed by atoms with Crippen molar-refractivity contribution in [1.82, 2.24) is 15.1 Å². The lowest BCUT2D eigenvalue weighted by atomic mass is 10.2. The van der Waals surface area contributed by atoms with Crippen LogP contribution in [0.25, 0.3) is 0 Å². The Balaban J connectivity index is 1.16. The van der Waals surface area contributed by atoms with E-state index in [1.54, 1.807) is 6.07 Å². The SMILES string of the molecule is O=C(CN1CCN(Cc2ccccc2F)CC1)NCC1COc2ccccc2O1. The van der Waals surface area contributed by atoms with Gasteiger partial charge in [-0.2, -0.15) is 0 Å². The van der Waals surface area contributed by atoms with Gasteiger partial charge in [-0.15, -0.1) is 0 Å². The zero-order valence-corrected chi connectivity index (χ0v) is 16.4. The third kappa shape index (κ3) is 5.25. The smallest absolute Gasteiger partial charge is 0.234 e. The number of amides is 1. The molecular formula is C22H26FN3O3. The van der Waals surface area contributed by atoms with E-state index < -0.39 is 0 Å². The maximum absolute atomic E-state index is 13.8. The van der Waals surface area contributed by atoms with Gasteiger partial charge in [0.25, 0.3) is 0 Å². The van der Waals surface area contributed by atoms with E-state index in [9.17, 15) is 9.18 Å². The number of hydrogen-bond donors (Lipinski definition) is 1. The van der Waals surface area contributed by atoms with E-state index in [0.29, 0.717) is 32.0 Å². The predicted octanol–water partition coefficient (Wildman–Crippen LogP) is 1.90. The zero-order valence-electron chi connectivity index (χ0n) is 16.4. The van der Waals surface area contributed by atoms with Crippen LogP contribution in [-0.4, -0.2) is 67.7 Å².